The summed E-state index contributed by atoms with van der Waals surface area (Å²) in [6.45, 7) is 3.24. The number of fused-ring (bicyclic) bond motifs is 1. The zero-order chi connectivity index (χ0) is 16.0. The normalized spacial score (nSPS) is 23.3. The number of aromatic nitrogens is 1. The standard InChI is InChI=1S/C16H18N4O2S/c1-18-14(21)10-12(15(18)22)19-6-8-20(9-7-19)16-17-11-4-2-3-5-13(11)23-16/h2-5,12H,6-10H2,1H3. The minimum absolute atomic E-state index is 0.0663. The molecular weight excluding hydrogens is 312 g/mol. The molecule has 2 aromatic rings. The van der Waals surface area contributed by atoms with Gasteiger partial charge < -0.3 is 4.90 Å². The van der Waals surface area contributed by atoms with Gasteiger partial charge in [0.05, 0.1) is 22.7 Å². The Balaban J connectivity index is 1.45. The molecule has 0 radical (unpaired) electrons. The van der Waals surface area contributed by atoms with Gasteiger partial charge in [0, 0.05) is 33.2 Å². The predicted molar refractivity (Wildman–Crippen MR) is 89.6 cm³/mol. The van der Waals surface area contributed by atoms with Gasteiger partial charge in [-0.15, -0.1) is 0 Å². The maximum absolute atomic E-state index is 12.1. The van der Waals surface area contributed by atoms with Crippen molar-refractivity contribution in [3.8, 4) is 0 Å². The van der Waals surface area contributed by atoms with Gasteiger partial charge in [-0.2, -0.15) is 0 Å². The van der Waals surface area contributed by atoms with Crippen molar-refractivity contribution in [3.63, 3.8) is 0 Å². The molecule has 0 aliphatic carbocycles. The molecule has 0 bridgehead atoms. The maximum atomic E-state index is 12.1. The van der Waals surface area contributed by atoms with Crippen LogP contribution in [-0.4, -0.2) is 65.9 Å². The van der Waals surface area contributed by atoms with Crippen LogP contribution >= 0.6 is 11.3 Å². The Labute approximate surface area is 138 Å². The number of amides is 2. The van der Waals surface area contributed by atoms with E-state index in [2.05, 4.69) is 15.9 Å². The fourth-order valence-corrected chi connectivity index (χ4v) is 4.26. The highest BCUT2D eigenvalue weighted by molar-refractivity contribution is 7.22. The molecule has 4 rings (SSSR count). The number of likely N-dealkylation sites (tertiary alicyclic amines) is 1. The van der Waals surface area contributed by atoms with E-state index in [1.165, 1.54) is 9.60 Å². The fraction of sp³-hybridized carbons (Fsp3) is 0.438. The summed E-state index contributed by atoms with van der Waals surface area (Å²) in [6.07, 6.45) is 0.316. The summed E-state index contributed by atoms with van der Waals surface area (Å²) in [5, 5.41) is 1.04. The van der Waals surface area contributed by atoms with Gasteiger partial charge in [-0.1, -0.05) is 23.5 Å². The first-order chi connectivity index (χ1) is 11.1. The summed E-state index contributed by atoms with van der Waals surface area (Å²) in [6, 6.07) is 7.88. The lowest BCUT2D eigenvalue weighted by Gasteiger charge is -2.36. The van der Waals surface area contributed by atoms with Crippen molar-refractivity contribution in [3.05, 3.63) is 24.3 Å². The molecule has 2 fully saturated rings. The van der Waals surface area contributed by atoms with Crippen LogP contribution in [0.4, 0.5) is 5.13 Å². The Morgan fingerprint density at radius 3 is 2.52 bits per heavy atom. The number of benzene rings is 1. The lowest BCUT2D eigenvalue weighted by atomic mass is 10.2. The van der Waals surface area contributed by atoms with Crippen molar-refractivity contribution in [2.75, 3.05) is 38.1 Å². The first kappa shape index (κ1) is 14.6. The predicted octanol–water partition coefficient (Wildman–Crippen LogP) is 1.18. The van der Waals surface area contributed by atoms with Crippen molar-refractivity contribution in [2.24, 2.45) is 0 Å². The molecule has 2 saturated heterocycles. The average molecular weight is 330 g/mol. The van der Waals surface area contributed by atoms with Gasteiger partial charge in [0.25, 0.3) is 0 Å². The van der Waals surface area contributed by atoms with E-state index in [0.29, 0.717) is 6.42 Å². The molecule has 3 heterocycles. The fourth-order valence-electron chi connectivity index (χ4n) is 3.24. The summed E-state index contributed by atoms with van der Waals surface area (Å²) in [5.41, 5.74) is 1.04. The highest BCUT2D eigenvalue weighted by Gasteiger charge is 2.40. The van der Waals surface area contributed by atoms with Crippen molar-refractivity contribution in [2.45, 2.75) is 12.5 Å². The van der Waals surface area contributed by atoms with E-state index in [1.807, 2.05) is 18.2 Å². The molecule has 23 heavy (non-hydrogen) atoms. The minimum Gasteiger partial charge on any atom is -0.345 e. The summed E-state index contributed by atoms with van der Waals surface area (Å²) in [5.74, 6) is -0.142. The van der Waals surface area contributed by atoms with E-state index in [9.17, 15) is 9.59 Å². The third-order valence-electron chi connectivity index (χ3n) is 4.67. The number of carbonyl (C=O) groups excluding carboxylic acids is 2. The molecule has 1 aromatic heterocycles. The summed E-state index contributed by atoms with van der Waals surface area (Å²) in [4.78, 5) is 34.2. The van der Waals surface area contributed by atoms with E-state index in [4.69, 9.17) is 4.98 Å². The first-order valence-electron chi connectivity index (χ1n) is 7.78. The molecule has 1 unspecified atom stereocenters. The second kappa shape index (κ2) is 5.58. The number of carbonyl (C=O) groups is 2. The molecule has 2 aliphatic heterocycles. The van der Waals surface area contributed by atoms with Gasteiger partial charge in [0.15, 0.2) is 5.13 Å². The molecule has 2 amide bonds. The first-order valence-corrected chi connectivity index (χ1v) is 8.60. The largest absolute Gasteiger partial charge is 0.345 e. The Hall–Kier alpha value is -1.99. The SMILES string of the molecule is CN1C(=O)CC(N2CCN(c3nc4ccccc4s3)CC2)C1=O. The topological polar surface area (TPSA) is 56.8 Å². The lowest BCUT2D eigenvalue weighted by Crippen LogP contribution is -2.52. The lowest BCUT2D eigenvalue weighted by molar-refractivity contribution is -0.138. The summed E-state index contributed by atoms with van der Waals surface area (Å²) in [7, 11) is 1.57. The molecule has 7 heteroatoms. The number of piperazine rings is 1. The molecule has 0 spiro atoms. The molecule has 0 N–H and O–H groups in total. The Bertz CT molecular complexity index is 733. The van der Waals surface area contributed by atoms with Crippen LogP contribution in [0.3, 0.4) is 0 Å². The molecule has 1 atom stereocenters. The number of imide groups is 1. The number of nitrogens with zero attached hydrogens (tertiary/aromatic N) is 4. The number of hydrogen-bond acceptors (Lipinski definition) is 6. The van der Waals surface area contributed by atoms with E-state index in [0.717, 1.165) is 36.8 Å². The second-order valence-electron chi connectivity index (χ2n) is 6.00. The van der Waals surface area contributed by atoms with Gasteiger partial charge in [0.2, 0.25) is 11.8 Å². The van der Waals surface area contributed by atoms with E-state index >= 15 is 0 Å². The Kier molecular flexibility index (Phi) is 3.54. The molecule has 120 valence electrons. The van der Waals surface area contributed by atoms with Crippen molar-refractivity contribution >= 4 is 38.5 Å². The molecule has 2 aliphatic rings. The van der Waals surface area contributed by atoms with Crippen molar-refractivity contribution < 1.29 is 9.59 Å². The third-order valence-corrected chi connectivity index (χ3v) is 5.76. The van der Waals surface area contributed by atoms with Crippen LogP contribution < -0.4 is 4.90 Å². The number of anilines is 1. The van der Waals surface area contributed by atoms with Crippen LogP contribution in [0.1, 0.15) is 6.42 Å². The van der Waals surface area contributed by atoms with Gasteiger partial charge >= 0.3 is 0 Å². The van der Waals surface area contributed by atoms with Crippen LogP contribution in [0.5, 0.6) is 0 Å². The zero-order valence-corrected chi connectivity index (χ0v) is 13.8. The Morgan fingerprint density at radius 2 is 1.87 bits per heavy atom. The monoisotopic (exact) mass is 330 g/mol. The number of likely N-dealkylation sites (N-methyl/N-ethyl adjacent to an activating group) is 1. The highest BCUT2D eigenvalue weighted by atomic mass is 32.1. The van der Waals surface area contributed by atoms with E-state index in [1.54, 1.807) is 18.4 Å². The zero-order valence-electron chi connectivity index (χ0n) is 12.9. The maximum Gasteiger partial charge on any atom is 0.246 e. The molecular formula is C16H18N4O2S. The number of thiazole rings is 1. The van der Waals surface area contributed by atoms with Gasteiger partial charge in [-0.25, -0.2) is 4.98 Å². The van der Waals surface area contributed by atoms with Crippen LogP contribution in [0.25, 0.3) is 10.2 Å². The van der Waals surface area contributed by atoms with Crippen LogP contribution in [0, 0.1) is 0 Å². The summed E-state index contributed by atoms with van der Waals surface area (Å²) >= 11 is 1.71. The van der Waals surface area contributed by atoms with Gasteiger partial charge in [0.1, 0.15) is 0 Å². The highest BCUT2D eigenvalue weighted by Crippen LogP contribution is 2.29. The van der Waals surface area contributed by atoms with Gasteiger partial charge in [-0.05, 0) is 12.1 Å². The van der Waals surface area contributed by atoms with Crippen LogP contribution in [0.2, 0.25) is 0 Å². The van der Waals surface area contributed by atoms with E-state index in [-0.39, 0.29) is 17.9 Å². The van der Waals surface area contributed by atoms with E-state index < -0.39 is 0 Å². The third kappa shape index (κ3) is 2.49. The van der Waals surface area contributed by atoms with Crippen LogP contribution in [-0.2, 0) is 9.59 Å². The smallest absolute Gasteiger partial charge is 0.246 e. The quantitative estimate of drug-likeness (QED) is 0.774. The van der Waals surface area contributed by atoms with Crippen molar-refractivity contribution in [1.82, 2.24) is 14.8 Å². The Morgan fingerprint density at radius 1 is 1.13 bits per heavy atom. The number of hydrogen-bond donors (Lipinski definition) is 0. The molecule has 1 aromatic carbocycles. The number of para-hydroxylation sites is 1. The van der Waals surface area contributed by atoms with Gasteiger partial charge in [-0.3, -0.25) is 19.4 Å². The number of rotatable bonds is 2. The molecule has 0 saturated carbocycles. The minimum atomic E-state index is -0.273. The molecule has 6 nitrogen and oxygen atoms in total. The van der Waals surface area contributed by atoms with Crippen LogP contribution in [0.15, 0.2) is 24.3 Å². The summed E-state index contributed by atoms with van der Waals surface area (Å²) < 4.78 is 1.20. The average Bonchev–Trinajstić information content (AvgIpc) is 3.12. The second-order valence-corrected chi connectivity index (χ2v) is 7.01. The van der Waals surface area contributed by atoms with Crippen molar-refractivity contribution in [1.29, 1.82) is 0 Å².